The minimum atomic E-state index is -4.30. The third kappa shape index (κ3) is 2.73. The van der Waals surface area contributed by atoms with E-state index in [0.717, 1.165) is 10.9 Å². The third-order valence-electron chi connectivity index (χ3n) is 2.66. The Bertz CT molecular complexity index is 505. The third-order valence-corrected chi connectivity index (χ3v) is 3.60. The number of benzene rings is 1. The molecule has 0 bridgehead atoms. The first-order chi connectivity index (χ1) is 8.52. The molecule has 0 spiro atoms. The first kappa shape index (κ1) is 13.1. The van der Waals surface area contributed by atoms with Gasteiger partial charge in [0.15, 0.2) is 0 Å². The van der Waals surface area contributed by atoms with Gasteiger partial charge in [0.1, 0.15) is 0 Å². The number of halogens is 3. The Balaban J connectivity index is 2.38. The molecule has 0 aliphatic heterocycles. The number of alkyl halides is 3. The minimum Gasteiger partial charge on any atom is -0.309 e. The zero-order chi connectivity index (χ0) is 13.2. The van der Waals surface area contributed by atoms with Crippen LogP contribution in [-0.4, -0.2) is 7.05 Å². The summed E-state index contributed by atoms with van der Waals surface area (Å²) >= 11 is 1.52. The van der Waals surface area contributed by atoms with E-state index >= 15 is 0 Å². The van der Waals surface area contributed by atoms with Crippen LogP contribution in [0.2, 0.25) is 0 Å². The molecule has 0 saturated heterocycles. The Morgan fingerprint density at radius 2 is 1.94 bits per heavy atom. The van der Waals surface area contributed by atoms with Gasteiger partial charge in [-0.05, 0) is 36.2 Å². The molecule has 0 amide bonds. The second-order valence-electron chi connectivity index (χ2n) is 3.86. The summed E-state index contributed by atoms with van der Waals surface area (Å²) in [6, 6.07) is 9.02. The molecule has 0 aliphatic rings. The van der Waals surface area contributed by atoms with E-state index in [1.54, 1.807) is 13.1 Å². The van der Waals surface area contributed by atoms with Gasteiger partial charge in [-0.1, -0.05) is 18.2 Å². The van der Waals surface area contributed by atoms with E-state index in [-0.39, 0.29) is 6.04 Å². The normalized spacial score (nSPS) is 13.6. The summed E-state index contributed by atoms with van der Waals surface area (Å²) in [5.41, 5.74) is 0.00609. The van der Waals surface area contributed by atoms with Crippen molar-refractivity contribution < 1.29 is 13.2 Å². The van der Waals surface area contributed by atoms with Gasteiger partial charge in [0, 0.05) is 4.88 Å². The Morgan fingerprint density at radius 3 is 2.50 bits per heavy atom. The molecule has 2 aromatic rings. The first-order valence-electron chi connectivity index (χ1n) is 5.40. The molecule has 0 radical (unpaired) electrons. The van der Waals surface area contributed by atoms with Gasteiger partial charge in [0.2, 0.25) is 0 Å². The fourth-order valence-corrected chi connectivity index (χ4v) is 2.68. The molecule has 2 rings (SSSR count). The number of thiophene rings is 1. The summed E-state index contributed by atoms with van der Waals surface area (Å²) in [5.74, 6) is 0. The van der Waals surface area contributed by atoms with Gasteiger partial charge in [-0.3, -0.25) is 0 Å². The zero-order valence-corrected chi connectivity index (χ0v) is 10.5. The summed E-state index contributed by atoms with van der Waals surface area (Å²) < 4.78 is 38.0. The lowest BCUT2D eigenvalue weighted by atomic mass is 10.0. The van der Waals surface area contributed by atoms with Gasteiger partial charge in [-0.2, -0.15) is 13.2 Å². The number of nitrogens with one attached hydrogen (secondary N) is 1. The van der Waals surface area contributed by atoms with Gasteiger partial charge in [0.05, 0.1) is 11.6 Å². The molecule has 1 nitrogen and oxygen atoms in total. The molecule has 18 heavy (non-hydrogen) atoms. The average Bonchev–Trinajstić information content (AvgIpc) is 2.83. The van der Waals surface area contributed by atoms with Crippen LogP contribution in [0.25, 0.3) is 0 Å². The smallest absolute Gasteiger partial charge is 0.309 e. The van der Waals surface area contributed by atoms with Crippen molar-refractivity contribution in [2.24, 2.45) is 0 Å². The largest absolute Gasteiger partial charge is 0.416 e. The topological polar surface area (TPSA) is 12.0 Å². The van der Waals surface area contributed by atoms with E-state index in [1.807, 2.05) is 17.5 Å². The molecule has 1 N–H and O–H groups in total. The van der Waals surface area contributed by atoms with Crippen LogP contribution in [0.1, 0.15) is 22.0 Å². The van der Waals surface area contributed by atoms with Gasteiger partial charge >= 0.3 is 6.18 Å². The highest BCUT2D eigenvalue weighted by atomic mass is 32.1. The van der Waals surface area contributed by atoms with E-state index in [0.29, 0.717) is 5.56 Å². The number of rotatable bonds is 3. The van der Waals surface area contributed by atoms with Crippen molar-refractivity contribution in [1.29, 1.82) is 0 Å². The monoisotopic (exact) mass is 271 g/mol. The number of hydrogen-bond donors (Lipinski definition) is 1. The summed E-state index contributed by atoms with van der Waals surface area (Å²) in [4.78, 5) is 0.997. The molecule has 1 aromatic heterocycles. The molecule has 0 fully saturated rings. The van der Waals surface area contributed by atoms with Gasteiger partial charge in [0.25, 0.3) is 0 Å². The predicted molar refractivity (Wildman–Crippen MR) is 66.7 cm³/mol. The van der Waals surface area contributed by atoms with E-state index in [1.165, 1.54) is 23.5 Å². The maximum absolute atomic E-state index is 12.7. The Kier molecular flexibility index (Phi) is 3.73. The molecule has 96 valence electrons. The maximum Gasteiger partial charge on any atom is 0.416 e. The van der Waals surface area contributed by atoms with Crippen LogP contribution in [0.5, 0.6) is 0 Å². The van der Waals surface area contributed by atoms with E-state index in [9.17, 15) is 13.2 Å². The van der Waals surface area contributed by atoms with E-state index in [2.05, 4.69) is 5.32 Å². The second kappa shape index (κ2) is 5.12. The molecule has 0 aliphatic carbocycles. The van der Waals surface area contributed by atoms with Crippen molar-refractivity contribution in [3.63, 3.8) is 0 Å². The Labute approximate surface area is 107 Å². The van der Waals surface area contributed by atoms with Crippen molar-refractivity contribution in [2.75, 3.05) is 7.05 Å². The highest BCUT2D eigenvalue weighted by Crippen LogP contribution is 2.32. The molecular weight excluding hydrogens is 259 g/mol. The van der Waals surface area contributed by atoms with Crippen LogP contribution in [0.3, 0.4) is 0 Å². The van der Waals surface area contributed by atoms with Crippen LogP contribution in [0.4, 0.5) is 13.2 Å². The van der Waals surface area contributed by atoms with Crippen LogP contribution in [0, 0.1) is 0 Å². The highest BCUT2D eigenvalue weighted by Gasteiger charge is 2.31. The fourth-order valence-electron chi connectivity index (χ4n) is 1.82. The summed E-state index contributed by atoms with van der Waals surface area (Å²) in [7, 11) is 1.74. The summed E-state index contributed by atoms with van der Waals surface area (Å²) in [6.45, 7) is 0. The van der Waals surface area contributed by atoms with Crippen molar-refractivity contribution in [1.82, 2.24) is 5.32 Å². The van der Waals surface area contributed by atoms with Crippen molar-refractivity contribution in [3.8, 4) is 0 Å². The lowest BCUT2D eigenvalue weighted by Crippen LogP contribution is -2.17. The van der Waals surface area contributed by atoms with Crippen LogP contribution in [0.15, 0.2) is 41.8 Å². The Hall–Kier alpha value is -1.33. The minimum absolute atomic E-state index is 0.202. The predicted octanol–water partition coefficient (Wildman–Crippen LogP) is 4.08. The number of hydrogen-bond acceptors (Lipinski definition) is 2. The molecular formula is C13H12F3NS. The van der Waals surface area contributed by atoms with Crippen molar-refractivity contribution in [2.45, 2.75) is 12.2 Å². The van der Waals surface area contributed by atoms with Crippen LogP contribution < -0.4 is 5.32 Å². The maximum atomic E-state index is 12.7. The molecule has 1 atom stereocenters. The summed E-state index contributed by atoms with van der Waals surface area (Å²) in [5, 5.41) is 4.95. The Morgan fingerprint density at radius 1 is 1.17 bits per heavy atom. The van der Waals surface area contributed by atoms with Gasteiger partial charge in [-0.25, -0.2) is 0 Å². The zero-order valence-electron chi connectivity index (χ0n) is 9.66. The van der Waals surface area contributed by atoms with Crippen molar-refractivity contribution >= 4 is 11.3 Å². The molecule has 5 heteroatoms. The molecule has 1 unspecified atom stereocenters. The van der Waals surface area contributed by atoms with E-state index < -0.39 is 11.7 Å². The molecule has 1 heterocycles. The standard InChI is InChI=1S/C13H12F3NS/c1-17-12(11-6-3-7-18-11)9-4-2-5-10(8-9)13(14,15)16/h2-8,12,17H,1H3. The fraction of sp³-hybridized carbons (Fsp3) is 0.231. The summed E-state index contributed by atoms with van der Waals surface area (Å²) in [6.07, 6.45) is -4.30. The lowest BCUT2D eigenvalue weighted by Gasteiger charge is -2.16. The lowest BCUT2D eigenvalue weighted by molar-refractivity contribution is -0.137. The van der Waals surface area contributed by atoms with Crippen LogP contribution >= 0.6 is 11.3 Å². The molecule has 0 saturated carbocycles. The average molecular weight is 271 g/mol. The second-order valence-corrected chi connectivity index (χ2v) is 4.84. The van der Waals surface area contributed by atoms with Crippen molar-refractivity contribution in [3.05, 3.63) is 57.8 Å². The van der Waals surface area contributed by atoms with E-state index in [4.69, 9.17) is 0 Å². The van der Waals surface area contributed by atoms with Gasteiger partial charge < -0.3 is 5.32 Å². The van der Waals surface area contributed by atoms with Crippen LogP contribution in [-0.2, 0) is 6.18 Å². The highest BCUT2D eigenvalue weighted by molar-refractivity contribution is 7.10. The molecule has 1 aromatic carbocycles. The van der Waals surface area contributed by atoms with Gasteiger partial charge in [-0.15, -0.1) is 11.3 Å². The SMILES string of the molecule is CNC(c1cccc(C(F)(F)F)c1)c1cccs1. The first-order valence-corrected chi connectivity index (χ1v) is 6.28. The quantitative estimate of drug-likeness (QED) is 0.887.